The summed E-state index contributed by atoms with van der Waals surface area (Å²) in [4.78, 5) is 39.9. The van der Waals surface area contributed by atoms with E-state index in [1.54, 1.807) is 17.0 Å². The molecule has 182 valence electrons. The highest BCUT2D eigenvalue weighted by Crippen LogP contribution is 2.26. The third kappa shape index (κ3) is 7.49. The second kappa shape index (κ2) is 12.6. The van der Waals surface area contributed by atoms with Crippen LogP contribution in [0, 0.1) is 11.3 Å². The fourth-order valence-corrected chi connectivity index (χ4v) is 4.30. The number of nitrogens with zero attached hydrogens (tertiary/aromatic N) is 2. The number of amides is 4. The van der Waals surface area contributed by atoms with Gasteiger partial charge in [-0.05, 0) is 30.5 Å². The average Bonchev–Trinajstić information content (AvgIpc) is 2.84. The summed E-state index contributed by atoms with van der Waals surface area (Å²) in [5.74, 6) is 0.313. The summed E-state index contributed by atoms with van der Waals surface area (Å²) in [5.41, 5.74) is 2.86. The van der Waals surface area contributed by atoms with E-state index in [1.165, 1.54) is 37.0 Å². The molecule has 3 N–H and O–H groups in total. The molecule has 9 heteroatoms. The third-order valence-corrected chi connectivity index (χ3v) is 6.17. The standard InChI is InChI=1S/C25H33N5O4/c1-2-7-22(31)27-24(26)28-25(33)30-15-13-29(14-16-30)23(32)20-10-6-11-21(18-20)34-17-12-19-8-4-3-5-9-19/h6-7,10-11,18-19H,1,3-5,8-9,12-17H2,(H3,26,27,28,31,33). The van der Waals surface area contributed by atoms with Crippen LogP contribution in [0.5, 0.6) is 5.75 Å². The van der Waals surface area contributed by atoms with Crippen LogP contribution >= 0.6 is 0 Å². The Morgan fingerprint density at radius 1 is 1.09 bits per heavy atom. The fraction of sp³-hybridized carbons (Fsp3) is 0.480. The van der Waals surface area contributed by atoms with Gasteiger partial charge in [0, 0.05) is 37.8 Å². The summed E-state index contributed by atoms with van der Waals surface area (Å²) >= 11 is 0. The second-order valence-corrected chi connectivity index (χ2v) is 8.59. The SMILES string of the molecule is C=C=CC(=O)NC(=N)NC(=O)N1CCN(C(=O)c2cccc(OCCC3CCCCC3)c2)CC1. The summed E-state index contributed by atoms with van der Waals surface area (Å²) in [6.07, 6.45) is 8.63. The van der Waals surface area contributed by atoms with Crippen molar-refractivity contribution in [2.24, 2.45) is 5.92 Å². The van der Waals surface area contributed by atoms with Gasteiger partial charge in [-0.1, -0.05) is 44.7 Å². The Labute approximate surface area is 200 Å². The van der Waals surface area contributed by atoms with E-state index in [2.05, 4.69) is 22.9 Å². The Morgan fingerprint density at radius 2 is 1.79 bits per heavy atom. The Morgan fingerprint density at radius 3 is 2.50 bits per heavy atom. The van der Waals surface area contributed by atoms with Gasteiger partial charge >= 0.3 is 6.03 Å². The lowest BCUT2D eigenvalue weighted by Gasteiger charge is -2.34. The van der Waals surface area contributed by atoms with Crippen molar-refractivity contribution in [3.05, 3.63) is 48.2 Å². The predicted molar refractivity (Wildman–Crippen MR) is 129 cm³/mol. The summed E-state index contributed by atoms with van der Waals surface area (Å²) in [7, 11) is 0. The molecule has 1 heterocycles. The first-order valence-electron chi connectivity index (χ1n) is 11.8. The molecule has 1 aromatic carbocycles. The Bertz CT molecular complexity index is 942. The number of rotatable bonds is 6. The quantitative estimate of drug-likeness (QED) is 0.258. The van der Waals surface area contributed by atoms with Crippen LogP contribution in [0.4, 0.5) is 4.79 Å². The zero-order valence-corrected chi connectivity index (χ0v) is 19.5. The molecule has 9 nitrogen and oxygen atoms in total. The minimum absolute atomic E-state index is 0.103. The van der Waals surface area contributed by atoms with E-state index in [1.807, 2.05) is 12.1 Å². The van der Waals surface area contributed by atoms with Gasteiger partial charge in [0.05, 0.1) is 6.61 Å². The van der Waals surface area contributed by atoms with E-state index in [0.29, 0.717) is 44.1 Å². The van der Waals surface area contributed by atoms with Crippen LogP contribution in [-0.2, 0) is 4.79 Å². The molecule has 0 bridgehead atoms. The summed E-state index contributed by atoms with van der Waals surface area (Å²) in [6.45, 7) is 5.33. The lowest BCUT2D eigenvalue weighted by Crippen LogP contribution is -2.55. The number of carbonyl (C=O) groups is 3. The smallest absolute Gasteiger partial charge is 0.324 e. The number of hydrogen-bond donors (Lipinski definition) is 3. The first-order valence-corrected chi connectivity index (χ1v) is 11.8. The molecule has 0 unspecified atom stereocenters. The average molecular weight is 468 g/mol. The number of benzene rings is 1. The van der Waals surface area contributed by atoms with Crippen molar-refractivity contribution in [2.45, 2.75) is 38.5 Å². The molecule has 1 saturated carbocycles. The van der Waals surface area contributed by atoms with Crippen LogP contribution in [0.25, 0.3) is 0 Å². The van der Waals surface area contributed by atoms with E-state index in [9.17, 15) is 14.4 Å². The summed E-state index contributed by atoms with van der Waals surface area (Å²) in [6, 6.07) is 6.75. The van der Waals surface area contributed by atoms with Crippen LogP contribution in [-0.4, -0.2) is 66.4 Å². The van der Waals surface area contributed by atoms with Crippen LogP contribution in [0.15, 0.2) is 42.7 Å². The summed E-state index contributed by atoms with van der Waals surface area (Å²) < 4.78 is 5.92. The van der Waals surface area contributed by atoms with Crippen molar-refractivity contribution in [1.82, 2.24) is 20.4 Å². The molecule has 0 aromatic heterocycles. The van der Waals surface area contributed by atoms with E-state index >= 15 is 0 Å². The van der Waals surface area contributed by atoms with Crippen LogP contribution in [0.2, 0.25) is 0 Å². The second-order valence-electron chi connectivity index (χ2n) is 8.59. The zero-order chi connectivity index (χ0) is 24.3. The van der Waals surface area contributed by atoms with Gasteiger partial charge in [-0.2, -0.15) is 0 Å². The Kier molecular flexibility index (Phi) is 9.29. The summed E-state index contributed by atoms with van der Waals surface area (Å²) in [5, 5.41) is 12.2. The maximum absolute atomic E-state index is 13.0. The lowest BCUT2D eigenvalue weighted by molar-refractivity contribution is -0.115. The number of guanidine groups is 1. The fourth-order valence-electron chi connectivity index (χ4n) is 4.30. The molecule has 0 spiro atoms. The van der Waals surface area contributed by atoms with Crippen LogP contribution in [0.3, 0.4) is 0 Å². The lowest BCUT2D eigenvalue weighted by atomic mass is 9.87. The predicted octanol–water partition coefficient (Wildman–Crippen LogP) is 2.90. The molecule has 0 radical (unpaired) electrons. The number of piperazine rings is 1. The van der Waals surface area contributed by atoms with E-state index in [4.69, 9.17) is 10.1 Å². The van der Waals surface area contributed by atoms with Gasteiger partial charge in [0.15, 0.2) is 0 Å². The van der Waals surface area contributed by atoms with Crippen molar-refractivity contribution in [3.8, 4) is 5.75 Å². The maximum Gasteiger partial charge on any atom is 0.324 e. The third-order valence-electron chi connectivity index (χ3n) is 6.17. The topological polar surface area (TPSA) is 115 Å². The monoisotopic (exact) mass is 467 g/mol. The highest BCUT2D eigenvalue weighted by Gasteiger charge is 2.25. The minimum atomic E-state index is -0.601. The van der Waals surface area contributed by atoms with Crippen molar-refractivity contribution in [3.63, 3.8) is 0 Å². The van der Waals surface area contributed by atoms with Crippen molar-refractivity contribution in [1.29, 1.82) is 5.41 Å². The van der Waals surface area contributed by atoms with Gasteiger partial charge in [0.2, 0.25) is 5.96 Å². The molecule has 4 amide bonds. The van der Waals surface area contributed by atoms with Crippen LogP contribution in [0.1, 0.15) is 48.9 Å². The van der Waals surface area contributed by atoms with E-state index < -0.39 is 17.9 Å². The molecule has 34 heavy (non-hydrogen) atoms. The molecule has 2 fully saturated rings. The van der Waals surface area contributed by atoms with Crippen molar-refractivity contribution >= 4 is 23.8 Å². The number of hydrogen-bond acceptors (Lipinski definition) is 5. The number of urea groups is 1. The normalized spacial score (nSPS) is 16.2. The van der Waals surface area contributed by atoms with Gasteiger partial charge in [0.1, 0.15) is 5.75 Å². The Balaban J connectivity index is 1.44. The molecule has 2 aliphatic rings. The van der Waals surface area contributed by atoms with Gasteiger partial charge in [-0.3, -0.25) is 25.6 Å². The van der Waals surface area contributed by atoms with Gasteiger partial charge in [-0.25, -0.2) is 4.79 Å². The molecule has 3 rings (SSSR count). The van der Waals surface area contributed by atoms with Crippen molar-refractivity contribution < 1.29 is 19.1 Å². The highest BCUT2D eigenvalue weighted by molar-refractivity contribution is 6.05. The number of ether oxygens (including phenoxy) is 1. The molecule has 0 atom stereocenters. The molecule has 1 saturated heterocycles. The largest absolute Gasteiger partial charge is 0.494 e. The number of nitrogens with one attached hydrogen (secondary N) is 3. The van der Waals surface area contributed by atoms with E-state index in [0.717, 1.165) is 18.4 Å². The zero-order valence-electron chi connectivity index (χ0n) is 19.5. The van der Waals surface area contributed by atoms with Gasteiger partial charge in [-0.15, -0.1) is 5.73 Å². The molecule has 1 aromatic rings. The first kappa shape index (κ1) is 25.1. The van der Waals surface area contributed by atoms with E-state index in [-0.39, 0.29) is 5.91 Å². The molecular formula is C25H33N5O4. The highest BCUT2D eigenvalue weighted by atomic mass is 16.5. The Hall–Kier alpha value is -3.58. The van der Waals surface area contributed by atoms with Gasteiger partial charge in [0.25, 0.3) is 11.8 Å². The molecule has 1 aliphatic heterocycles. The first-order chi connectivity index (χ1) is 16.5. The molecule has 1 aliphatic carbocycles. The van der Waals surface area contributed by atoms with Crippen LogP contribution < -0.4 is 15.4 Å². The number of carbonyl (C=O) groups excluding carboxylic acids is 3. The maximum atomic E-state index is 13.0. The van der Waals surface area contributed by atoms with Gasteiger partial charge < -0.3 is 14.5 Å². The minimum Gasteiger partial charge on any atom is -0.494 e. The van der Waals surface area contributed by atoms with Crippen molar-refractivity contribution in [2.75, 3.05) is 32.8 Å². The molecular weight excluding hydrogens is 434 g/mol.